The lowest BCUT2D eigenvalue weighted by atomic mass is 9.92. The standard InChI is InChI=1S/C10H20N2O3/c1-4-7(5-8(13)14)12-9(15)10(2,3)6-11/h7H,4-6,11H2,1-3H3,(H,12,15)(H,13,14). The zero-order valence-corrected chi connectivity index (χ0v) is 9.54. The molecule has 5 nitrogen and oxygen atoms in total. The number of carboxylic acids is 1. The Labute approximate surface area is 90.0 Å². The van der Waals surface area contributed by atoms with Gasteiger partial charge < -0.3 is 16.2 Å². The summed E-state index contributed by atoms with van der Waals surface area (Å²) in [5.41, 5.74) is 4.80. The van der Waals surface area contributed by atoms with E-state index in [0.29, 0.717) is 6.42 Å². The lowest BCUT2D eigenvalue weighted by Crippen LogP contribution is -2.46. The Hall–Kier alpha value is -1.10. The van der Waals surface area contributed by atoms with Gasteiger partial charge in [-0.25, -0.2) is 0 Å². The Morgan fingerprint density at radius 1 is 1.47 bits per heavy atom. The summed E-state index contributed by atoms with van der Waals surface area (Å²) in [5.74, 6) is -1.11. The van der Waals surface area contributed by atoms with Crippen LogP contribution < -0.4 is 11.1 Å². The molecule has 4 N–H and O–H groups in total. The van der Waals surface area contributed by atoms with Crippen molar-refractivity contribution in [3.05, 3.63) is 0 Å². The number of hydrogen-bond donors (Lipinski definition) is 3. The number of aliphatic carboxylic acids is 1. The van der Waals surface area contributed by atoms with Crippen LogP contribution in [-0.2, 0) is 9.59 Å². The maximum atomic E-state index is 11.7. The van der Waals surface area contributed by atoms with Gasteiger partial charge in [-0.3, -0.25) is 9.59 Å². The van der Waals surface area contributed by atoms with Crippen molar-refractivity contribution in [3.8, 4) is 0 Å². The van der Waals surface area contributed by atoms with Gasteiger partial charge >= 0.3 is 5.97 Å². The van der Waals surface area contributed by atoms with Crippen LogP contribution in [0.15, 0.2) is 0 Å². The monoisotopic (exact) mass is 216 g/mol. The largest absolute Gasteiger partial charge is 0.481 e. The molecule has 0 radical (unpaired) electrons. The number of carboxylic acid groups (broad SMARTS) is 1. The highest BCUT2D eigenvalue weighted by molar-refractivity contribution is 5.82. The summed E-state index contributed by atoms with van der Waals surface area (Å²) in [6.45, 7) is 5.54. The Bertz CT molecular complexity index is 239. The average molecular weight is 216 g/mol. The molecule has 0 saturated heterocycles. The molecule has 88 valence electrons. The van der Waals surface area contributed by atoms with Crippen molar-refractivity contribution in [3.63, 3.8) is 0 Å². The third-order valence-corrected chi connectivity index (χ3v) is 2.37. The van der Waals surface area contributed by atoms with E-state index in [1.54, 1.807) is 13.8 Å². The van der Waals surface area contributed by atoms with Crippen LogP contribution in [0.25, 0.3) is 0 Å². The first kappa shape index (κ1) is 13.9. The summed E-state index contributed by atoms with van der Waals surface area (Å²) >= 11 is 0. The summed E-state index contributed by atoms with van der Waals surface area (Å²) < 4.78 is 0. The van der Waals surface area contributed by atoms with E-state index in [1.165, 1.54) is 0 Å². The van der Waals surface area contributed by atoms with Crippen LogP contribution in [0.3, 0.4) is 0 Å². The number of amides is 1. The van der Waals surface area contributed by atoms with E-state index in [1.807, 2.05) is 6.92 Å². The van der Waals surface area contributed by atoms with Crippen molar-refractivity contribution >= 4 is 11.9 Å². The van der Waals surface area contributed by atoms with E-state index >= 15 is 0 Å². The van der Waals surface area contributed by atoms with Crippen LogP contribution in [0, 0.1) is 5.41 Å². The van der Waals surface area contributed by atoms with Gasteiger partial charge in [-0.2, -0.15) is 0 Å². The third kappa shape index (κ3) is 4.78. The predicted octanol–water partition coefficient (Wildman–Crippen LogP) is 0.341. The van der Waals surface area contributed by atoms with E-state index in [4.69, 9.17) is 10.8 Å². The molecule has 0 saturated carbocycles. The van der Waals surface area contributed by atoms with Crippen molar-refractivity contribution < 1.29 is 14.7 Å². The highest BCUT2D eigenvalue weighted by Crippen LogP contribution is 2.13. The van der Waals surface area contributed by atoms with E-state index in [9.17, 15) is 9.59 Å². The summed E-state index contributed by atoms with van der Waals surface area (Å²) in [6.07, 6.45) is 0.543. The Balaban J connectivity index is 4.30. The van der Waals surface area contributed by atoms with Crippen molar-refractivity contribution in [2.75, 3.05) is 6.54 Å². The fourth-order valence-electron chi connectivity index (χ4n) is 0.982. The zero-order chi connectivity index (χ0) is 12.1. The number of nitrogens with one attached hydrogen (secondary N) is 1. The number of carbonyl (C=O) groups is 2. The van der Waals surface area contributed by atoms with Crippen LogP contribution in [0.1, 0.15) is 33.6 Å². The Morgan fingerprint density at radius 3 is 2.33 bits per heavy atom. The molecule has 0 aliphatic heterocycles. The molecule has 0 aromatic heterocycles. The van der Waals surface area contributed by atoms with E-state index in [0.717, 1.165) is 0 Å². The third-order valence-electron chi connectivity index (χ3n) is 2.37. The molecule has 0 aliphatic carbocycles. The first-order valence-corrected chi connectivity index (χ1v) is 5.06. The minimum atomic E-state index is -0.910. The topological polar surface area (TPSA) is 92.4 Å². The number of nitrogens with two attached hydrogens (primary N) is 1. The lowest BCUT2D eigenvalue weighted by molar-refractivity contribution is -0.138. The molecule has 0 spiro atoms. The van der Waals surface area contributed by atoms with Crippen molar-refractivity contribution in [2.45, 2.75) is 39.7 Å². The molecule has 15 heavy (non-hydrogen) atoms. The highest BCUT2D eigenvalue weighted by Gasteiger charge is 2.27. The first-order valence-electron chi connectivity index (χ1n) is 5.06. The minimum Gasteiger partial charge on any atom is -0.481 e. The lowest BCUT2D eigenvalue weighted by Gasteiger charge is -2.24. The summed E-state index contributed by atoms with van der Waals surface area (Å²) in [5, 5.41) is 11.3. The smallest absolute Gasteiger partial charge is 0.305 e. The predicted molar refractivity (Wildman–Crippen MR) is 57.3 cm³/mol. The minimum absolute atomic E-state index is 0.0527. The number of rotatable bonds is 6. The van der Waals surface area contributed by atoms with Crippen LogP contribution in [0.2, 0.25) is 0 Å². The van der Waals surface area contributed by atoms with Gasteiger partial charge in [-0.1, -0.05) is 6.92 Å². The maximum absolute atomic E-state index is 11.7. The van der Waals surface area contributed by atoms with Crippen molar-refractivity contribution in [1.29, 1.82) is 0 Å². The van der Waals surface area contributed by atoms with Crippen LogP contribution in [-0.4, -0.2) is 29.6 Å². The summed E-state index contributed by atoms with van der Waals surface area (Å²) in [6, 6.07) is -0.319. The van der Waals surface area contributed by atoms with Crippen molar-refractivity contribution in [1.82, 2.24) is 5.32 Å². The van der Waals surface area contributed by atoms with Gasteiger partial charge in [0.25, 0.3) is 0 Å². The Morgan fingerprint density at radius 2 is 2.00 bits per heavy atom. The maximum Gasteiger partial charge on any atom is 0.305 e. The quantitative estimate of drug-likeness (QED) is 0.597. The van der Waals surface area contributed by atoms with Gasteiger partial charge in [0.15, 0.2) is 0 Å². The van der Waals surface area contributed by atoms with Crippen molar-refractivity contribution in [2.24, 2.45) is 11.1 Å². The molecule has 1 unspecified atom stereocenters. The molecule has 5 heteroatoms. The van der Waals surface area contributed by atoms with Gasteiger partial charge in [-0.05, 0) is 20.3 Å². The van der Waals surface area contributed by atoms with E-state index < -0.39 is 11.4 Å². The van der Waals surface area contributed by atoms with Crippen LogP contribution in [0.4, 0.5) is 0 Å². The second-order valence-electron chi connectivity index (χ2n) is 4.26. The van der Waals surface area contributed by atoms with E-state index in [2.05, 4.69) is 5.32 Å². The normalized spacial score (nSPS) is 13.3. The number of hydrogen-bond acceptors (Lipinski definition) is 3. The molecule has 0 aromatic rings. The Kier molecular flexibility index (Phi) is 5.28. The van der Waals surface area contributed by atoms with Crippen LogP contribution >= 0.6 is 0 Å². The van der Waals surface area contributed by atoms with Gasteiger partial charge in [0.1, 0.15) is 0 Å². The molecule has 0 heterocycles. The average Bonchev–Trinajstić information content (AvgIpc) is 2.15. The van der Waals surface area contributed by atoms with Gasteiger partial charge in [0.2, 0.25) is 5.91 Å². The molecule has 1 atom stereocenters. The molecular formula is C10H20N2O3. The molecule has 0 rings (SSSR count). The van der Waals surface area contributed by atoms with Gasteiger partial charge in [0.05, 0.1) is 11.8 Å². The second-order valence-corrected chi connectivity index (χ2v) is 4.26. The second kappa shape index (κ2) is 5.70. The molecule has 0 bridgehead atoms. The molecule has 0 aromatic carbocycles. The molecule has 0 fully saturated rings. The summed E-state index contributed by atoms with van der Waals surface area (Å²) in [7, 11) is 0. The fraction of sp³-hybridized carbons (Fsp3) is 0.800. The molecular weight excluding hydrogens is 196 g/mol. The van der Waals surface area contributed by atoms with Gasteiger partial charge in [-0.15, -0.1) is 0 Å². The number of carbonyl (C=O) groups excluding carboxylic acids is 1. The zero-order valence-electron chi connectivity index (χ0n) is 9.54. The van der Waals surface area contributed by atoms with Crippen LogP contribution in [0.5, 0.6) is 0 Å². The SMILES string of the molecule is CCC(CC(=O)O)NC(=O)C(C)(C)CN. The molecule has 1 amide bonds. The summed E-state index contributed by atoms with van der Waals surface area (Å²) in [4.78, 5) is 22.2. The van der Waals surface area contributed by atoms with E-state index in [-0.39, 0.29) is 24.9 Å². The van der Waals surface area contributed by atoms with Gasteiger partial charge in [0, 0.05) is 12.6 Å². The fourth-order valence-corrected chi connectivity index (χ4v) is 0.982. The highest BCUT2D eigenvalue weighted by atomic mass is 16.4. The molecule has 0 aliphatic rings. The first-order chi connectivity index (χ1) is 6.83.